The molecule has 1 saturated heterocycles. The molecule has 1 aliphatic rings. The average Bonchev–Trinajstić information content (AvgIpc) is 3.17. The number of rotatable bonds is 6. The van der Waals surface area contributed by atoms with Gasteiger partial charge in [0.1, 0.15) is 18.0 Å². The summed E-state index contributed by atoms with van der Waals surface area (Å²) in [5.74, 6) is 0.312. The highest BCUT2D eigenvalue weighted by molar-refractivity contribution is 5.49. The quantitative estimate of drug-likeness (QED) is 0.579. The Balaban J connectivity index is 1.43. The molecule has 0 radical (unpaired) electrons. The highest BCUT2D eigenvalue weighted by atomic mass is 19.1. The zero-order valence-electron chi connectivity index (χ0n) is 15.8. The first-order valence-corrected chi connectivity index (χ1v) is 9.39. The van der Waals surface area contributed by atoms with Crippen LogP contribution in [0.5, 0.6) is 0 Å². The molecule has 29 heavy (non-hydrogen) atoms. The van der Waals surface area contributed by atoms with Crippen molar-refractivity contribution in [2.75, 3.05) is 23.8 Å². The monoisotopic (exact) mass is 401 g/mol. The van der Waals surface area contributed by atoms with E-state index < -0.39 is 17.7 Å². The molecule has 1 unspecified atom stereocenters. The van der Waals surface area contributed by atoms with E-state index in [-0.39, 0.29) is 5.95 Å². The number of ether oxygens (including phenoxy) is 1. The predicted molar refractivity (Wildman–Crippen MR) is 103 cm³/mol. The van der Waals surface area contributed by atoms with E-state index >= 15 is 0 Å². The van der Waals surface area contributed by atoms with Crippen LogP contribution in [0.3, 0.4) is 0 Å². The van der Waals surface area contributed by atoms with Crippen molar-refractivity contribution in [3.63, 3.8) is 0 Å². The summed E-state index contributed by atoms with van der Waals surface area (Å²) in [5, 5.41) is 13.3. The molecule has 1 aliphatic heterocycles. The van der Waals surface area contributed by atoms with Gasteiger partial charge < -0.3 is 15.4 Å². The molecule has 8 nitrogen and oxygen atoms in total. The Morgan fingerprint density at radius 3 is 2.72 bits per heavy atom. The second kappa shape index (κ2) is 8.48. The Labute approximate surface area is 166 Å². The number of nitrogens with one attached hydrogen (secondary N) is 3. The third-order valence-electron chi connectivity index (χ3n) is 4.85. The first kappa shape index (κ1) is 19.2. The molecule has 0 bridgehead atoms. The first-order chi connectivity index (χ1) is 14.1. The van der Waals surface area contributed by atoms with E-state index in [1.807, 2.05) is 6.07 Å². The maximum absolute atomic E-state index is 14.0. The fourth-order valence-corrected chi connectivity index (χ4v) is 3.28. The van der Waals surface area contributed by atoms with E-state index in [1.54, 1.807) is 6.92 Å². The van der Waals surface area contributed by atoms with Crippen molar-refractivity contribution >= 4 is 17.7 Å². The Kier molecular flexibility index (Phi) is 5.61. The fourth-order valence-electron chi connectivity index (χ4n) is 3.28. The molecule has 1 aromatic carbocycles. The molecule has 4 rings (SSSR count). The molecule has 1 atom stereocenters. The van der Waals surface area contributed by atoms with Gasteiger partial charge in [-0.2, -0.15) is 10.1 Å². The van der Waals surface area contributed by atoms with Gasteiger partial charge >= 0.3 is 0 Å². The van der Waals surface area contributed by atoms with Gasteiger partial charge in [-0.15, -0.1) is 0 Å². The van der Waals surface area contributed by atoms with Crippen LogP contribution in [0, 0.1) is 11.6 Å². The maximum Gasteiger partial charge on any atom is 0.233 e. The van der Waals surface area contributed by atoms with Gasteiger partial charge in [-0.1, -0.05) is 6.07 Å². The number of halogens is 2. The summed E-state index contributed by atoms with van der Waals surface area (Å²) in [6, 6.07) is 4.93. The summed E-state index contributed by atoms with van der Waals surface area (Å²) in [7, 11) is 0. The molecule has 3 N–H and O–H groups in total. The number of H-pyrrole nitrogens is 1. The molecule has 10 heteroatoms. The number of benzene rings is 1. The molecule has 3 aromatic rings. The molecule has 152 valence electrons. The summed E-state index contributed by atoms with van der Waals surface area (Å²) in [4.78, 5) is 12.4. The summed E-state index contributed by atoms with van der Waals surface area (Å²) in [5.41, 5.74) is 1.36. The normalized spacial score (nSPS) is 15.8. The highest BCUT2D eigenvalue weighted by Gasteiger charge is 2.18. The van der Waals surface area contributed by atoms with Gasteiger partial charge in [-0.05, 0) is 25.8 Å². The molecular weight excluding hydrogens is 380 g/mol. The average molecular weight is 401 g/mol. The third kappa shape index (κ3) is 4.65. The van der Waals surface area contributed by atoms with Crippen LogP contribution in [0.4, 0.5) is 26.5 Å². The molecule has 1 fully saturated rings. The van der Waals surface area contributed by atoms with Crippen LogP contribution in [0.25, 0.3) is 0 Å². The van der Waals surface area contributed by atoms with E-state index in [0.29, 0.717) is 23.2 Å². The molecule has 0 amide bonds. The van der Waals surface area contributed by atoms with Crippen molar-refractivity contribution in [2.45, 2.75) is 31.7 Å². The van der Waals surface area contributed by atoms with Crippen molar-refractivity contribution in [1.82, 2.24) is 25.1 Å². The van der Waals surface area contributed by atoms with Crippen molar-refractivity contribution in [3.8, 4) is 0 Å². The highest BCUT2D eigenvalue weighted by Crippen LogP contribution is 2.27. The minimum Gasteiger partial charge on any atom is -0.381 e. The lowest BCUT2D eigenvalue weighted by atomic mass is 9.97. The van der Waals surface area contributed by atoms with E-state index in [4.69, 9.17) is 4.74 Å². The predicted octanol–water partition coefficient (Wildman–Crippen LogP) is 3.68. The van der Waals surface area contributed by atoms with Crippen molar-refractivity contribution in [2.24, 2.45) is 0 Å². The topological polar surface area (TPSA) is 101 Å². The minimum atomic E-state index is -0.630. The lowest BCUT2D eigenvalue weighted by Gasteiger charge is -2.20. The van der Waals surface area contributed by atoms with Crippen LogP contribution >= 0.6 is 0 Å². The van der Waals surface area contributed by atoms with Crippen LogP contribution in [0.2, 0.25) is 0 Å². The number of anilines is 3. The first-order valence-electron chi connectivity index (χ1n) is 9.39. The number of aromatic amines is 1. The third-order valence-corrected chi connectivity index (χ3v) is 4.85. The van der Waals surface area contributed by atoms with E-state index in [2.05, 4.69) is 35.8 Å². The fraction of sp³-hybridized carbons (Fsp3) is 0.368. The van der Waals surface area contributed by atoms with Gasteiger partial charge in [0, 0.05) is 42.5 Å². The molecule has 0 saturated carbocycles. The second-order valence-corrected chi connectivity index (χ2v) is 6.88. The Morgan fingerprint density at radius 2 is 1.93 bits per heavy atom. The molecule has 3 heterocycles. The van der Waals surface area contributed by atoms with E-state index in [9.17, 15) is 8.78 Å². The van der Waals surface area contributed by atoms with Crippen LogP contribution < -0.4 is 10.6 Å². The number of nitrogens with zero attached hydrogens (tertiary/aromatic N) is 4. The van der Waals surface area contributed by atoms with Gasteiger partial charge in [-0.25, -0.2) is 18.7 Å². The summed E-state index contributed by atoms with van der Waals surface area (Å²) >= 11 is 0. The van der Waals surface area contributed by atoms with Gasteiger partial charge in [0.25, 0.3) is 0 Å². The van der Waals surface area contributed by atoms with E-state index in [1.165, 1.54) is 18.5 Å². The molecule has 0 spiro atoms. The zero-order chi connectivity index (χ0) is 20.2. The van der Waals surface area contributed by atoms with Gasteiger partial charge in [0.2, 0.25) is 11.9 Å². The van der Waals surface area contributed by atoms with Crippen molar-refractivity contribution < 1.29 is 13.5 Å². The standard InChI is InChI=1S/C19H21F2N7O/c1-11(14-3-2-13(20)8-15(14)21)24-18-22-10-23-19(26-18)25-17-9-16(27-28-17)12-4-6-29-7-5-12/h2-3,8-12H,4-7H2,1H3,(H3,22,23,24,25,26,27,28). The van der Waals surface area contributed by atoms with Crippen molar-refractivity contribution in [1.29, 1.82) is 0 Å². The second-order valence-electron chi connectivity index (χ2n) is 6.88. The lowest BCUT2D eigenvalue weighted by Crippen LogP contribution is -2.14. The molecule has 0 aliphatic carbocycles. The molecule has 2 aromatic heterocycles. The summed E-state index contributed by atoms with van der Waals surface area (Å²) < 4.78 is 32.5. The Bertz CT molecular complexity index is 975. The lowest BCUT2D eigenvalue weighted by molar-refractivity contribution is 0.0845. The van der Waals surface area contributed by atoms with E-state index in [0.717, 1.165) is 37.8 Å². The van der Waals surface area contributed by atoms with Crippen LogP contribution in [-0.4, -0.2) is 38.4 Å². The van der Waals surface area contributed by atoms with Crippen molar-refractivity contribution in [3.05, 3.63) is 53.5 Å². The molecular formula is C19H21F2N7O. The Hall–Kier alpha value is -3.14. The largest absolute Gasteiger partial charge is 0.381 e. The van der Waals surface area contributed by atoms with Crippen LogP contribution in [-0.2, 0) is 4.74 Å². The zero-order valence-corrected chi connectivity index (χ0v) is 15.8. The van der Waals surface area contributed by atoms with Gasteiger partial charge in [-0.3, -0.25) is 5.10 Å². The van der Waals surface area contributed by atoms with Gasteiger partial charge in [0.05, 0.1) is 6.04 Å². The summed E-state index contributed by atoms with van der Waals surface area (Å²) in [6.07, 6.45) is 3.26. The van der Waals surface area contributed by atoms with Crippen LogP contribution in [0.15, 0.2) is 30.6 Å². The number of hydrogen-bond donors (Lipinski definition) is 3. The Morgan fingerprint density at radius 1 is 1.14 bits per heavy atom. The number of hydrogen-bond acceptors (Lipinski definition) is 7. The summed E-state index contributed by atoms with van der Waals surface area (Å²) in [6.45, 7) is 3.24. The SMILES string of the molecule is CC(Nc1ncnc(Nc2cc(C3CCOCC3)[nH]n2)n1)c1ccc(F)cc1F. The minimum absolute atomic E-state index is 0.263. The smallest absolute Gasteiger partial charge is 0.233 e. The van der Waals surface area contributed by atoms with Gasteiger partial charge in [0.15, 0.2) is 5.82 Å². The number of aromatic nitrogens is 5. The van der Waals surface area contributed by atoms with Crippen LogP contribution in [0.1, 0.15) is 43.0 Å². The maximum atomic E-state index is 14.0.